The Hall–Kier alpha value is -2.01. The molecule has 2 atom stereocenters. The first-order valence-corrected chi connectivity index (χ1v) is 7.93. The third kappa shape index (κ3) is 3.42. The van der Waals surface area contributed by atoms with E-state index in [4.69, 9.17) is 0 Å². The van der Waals surface area contributed by atoms with Crippen molar-refractivity contribution in [2.45, 2.75) is 26.2 Å². The number of anilines is 1. The topological polar surface area (TPSA) is 66.9 Å². The second-order valence-electron chi connectivity index (χ2n) is 6.09. The van der Waals surface area contributed by atoms with Gasteiger partial charge in [-0.05, 0) is 49.9 Å². The minimum absolute atomic E-state index is 0.0643. The Labute approximate surface area is 130 Å². The predicted octanol–water partition coefficient (Wildman–Crippen LogP) is 2.59. The van der Waals surface area contributed by atoms with Crippen LogP contribution in [0.25, 0.3) is 10.9 Å². The zero-order valence-corrected chi connectivity index (χ0v) is 12.9. The minimum Gasteiger partial charge on any atom is -0.325 e. The normalized spacial score (nSPS) is 19.8. The zero-order valence-electron chi connectivity index (χ0n) is 12.9. The van der Waals surface area contributed by atoms with Gasteiger partial charge in [0.05, 0.1) is 11.2 Å². The van der Waals surface area contributed by atoms with E-state index in [9.17, 15) is 4.79 Å². The van der Waals surface area contributed by atoms with E-state index < -0.39 is 0 Å². The van der Waals surface area contributed by atoms with E-state index in [0.717, 1.165) is 29.7 Å². The second-order valence-corrected chi connectivity index (χ2v) is 6.09. The van der Waals surface area contributed by atoms with Gasteiger partial charge in [-0.1, -0.05) is 6.92 Å². The molecule has 0 bridgehead atoms. The van der Waals surface area contributed by atoms with Crippen LogP contribution in [0.2, 0.25) is 0 Å². The summed E-state index contributed by atoms with van der Waals surface area (Å²) in [6.45, 7) is 4.30. The molecule has 116 valence electrons. The van der Waals surface area contributed by atoms with Crippen LogP contribution in [0.5, 0.6) is 0 Å². The summed E-state index contributed by atoms with van der Waals surface area (Å²) < 4.78 is 0. The van der Waals surface area contributed by atoms with Crippen LogP contribution >= 0.6 is 0 Å². The first-order valence-electron chi connectivity index (χ1n) is 7.93. The van der Waals surface area contributed by atoms with Crippen molar-refractivity contribution in [1.82, 2.24) is 15.3 Å². The van der Waals surface area contributed by atoms with Crippen LogP contribution < -0.4 is 10.6 Å². The van der Waals surface area contributed by atoms with Gasteiger partial charge in [-0.3, -0.25) is 14.8 Å². The number of hydrogen-bond donors (Lipinski definition) is 2. The Balaban J connectivity index is 1.65. The van der Waals surface area contributed by atoms with Crippen molar-refractivity contribution >= 4 is 22.5 Å². The van der Waals surface area contributed by atoms with Crippen LogP contribution in [0.1, 0.15) is 26.2 Å². The smallest absolute Gasteiger partial charge is 0.224 e. The Morgan fingerprint density at radius 2 is 2.36 bits per heavy atom. The van der Waals surface area contributed by atoms with Gasteiger partial charge >= 0.3 is 0 Å². The van der Waals surface area contributed by atoms with E-state index in [1.807, 2.05) is 12.1 Å². The number of amides is 1. The number of hydrogen-bond acceptors (Lipinski definition) is 4. The molecule has 0 spiro atoms. The number of nitrogens with zero attached hydrogens (tertiary/aromatic N) is 2. The minimum atomic E-state index is 0.0643. The van der Waals surface area contributed by atoms with E-state index in [0.29, 0.717) is 18.3 Å². The molecule has 1 saturated heterocycles. The first-order chi connectivity index (χ1) is 10.7. The molecular formula is C17H22N4O. The third-order valence-electron chi connectivity index (χ3n) is 4.46. The highest BCUT2D eigenvalue weighted by Gasteiger charge is 2.22. The maximum Gasteiger partial charge on any atom is 0.224 e. The summed E-state index contributed by atoms with van der Waals surface area (Å²) in [5.74, 6) is 1.05. The summed E-state index contributed by atoms with van der Waals surface area (Å²) in [5, 5.41) is 7.31. The number of rotatable bonds is 4. The van der Waals surface area contributed by atoms with Crippen molar-refractivity contribution in [3.8, 4) is 0 Å². The summed E-state index contributed by atoms with van der Waals surface area (Å²) >= 11 is 0. The maximum absolute atomic E-state index is 12.3. The number of piperidine rings is 1. The van der Waals surface area contributed by atoms with Crippen LogP contribution in [0.4, 0.5) is 5.69 Å². The molecule has 5 nitrogen and oxygen atoms in total. The van der Waals surface area contributed by atoms with Crippen LogP contribution in [0.15, 0.2) is 30.7 Å². The highest BCUT2D eigenvalue weighted by atomic mass is 16.1. The first kappa shape index (κ1) is 14.9. The summed E-state index contributed by atoms with van der Waals surface area (Å²) in [7, 11) is 0. The van der Waals surface area contributed by atoms with Crippen LogP contribution in [-0.2, 0) is 4.79 Å². The molecule has 2 aromatic heterocycles. The maximum atomic E-state index is 12.3. The largest absolute Gasteiger partial charge is 0.325 e. The molecule has 2 aromatic rings. The standard InChI is InChI=1S/C17H22N4O/c1-12(13-3-2-6-18-10-13)9-17(22)21-16-5-8-20-15-4-7-19-11-14(15)16/h4-5,7-8,11-13,18H,2-3,6,9-10H2,1H3,(H,20,21,22). The molecule has 2 N–H and O–H groups in total. The van der Waals surface area contributed by atoms with E-state index in [-0.39, 0.29) is 5.91 Å². The average molecular weight is 298 g/mol. The van der Waals surface area contributed by atoms with Crippen LogP contribution in [-0.4, -0.2) is 29.0 Å². The monoisotopic (exact) mass is 298 g/mol. The molecule has 1 amide bonds. The summed E-state index contributed by atoms with van der Waals surface area (Å²) in [5.41, 5.74) is 1.63. The molecule has 0 saturated carbocycles. The fraction of sp³-hybridized carbons (Fsp3) is 0.471. The summed E-state index contributed by atoms with van der Waals surface area (Å²) in [6.07, 6.45) is 8.13. The van der Waals surface area contributed by atoms with Crippen molar-refractivity contribution in [2.75, 3.05) is 18.4 Å². The molecule has 0 aliphatic carbocycles. The van der Waals surface area contributed by atoms with Gasteiger partial charge in [0.1, 0.15) is 0 Å². The van der Waals surface area contributed by atoms with Crippen LogP contribution in [0, 0.1) is 11.8 Å². The van der Waals surface area contributed by atoms with Gasteiger partial charge in [-0.2, -0.15) is 0 Å². The molecule has 2 unspecified atom stereocenters. The van der Waals surface area contributed by atoms with Gasteiger partial charge < -0.3 is 10.6 Å². The summed E-state index contributed by atoms with van der Waals surface area (Å²) in [6, 6.07) is 3.68. The number of aromatic nitrogens is 2. The van der Waals surface area contributed by atoms with Crippen LogP contribution in [0.3, 0.4) is 0 Å². The fourth-order valence-corrected chi connectivity index (χ4v) is 3.12. The fourth-order valence-electron chi connectivity index (χ4n) is 3.12. The quantitative estimate of drug-likeness (QED) is 0.910. The van der Waals surface area contributed by atoms with Gasteiger partial charge in [0.2, 0.25) is 5.91 Å². The molecule has 3 rings (SSSR count). The lowest BCUT2D eigenvalue weighted by atomic mass is 9.85. The van der Waals surface area contributed by atoms with Crippen molar-refractivity contribution in [3.05, 3.63) is 30.7 Å². The average Bonchev–Trinajstić information content (AvgIpc) is 2.56. The highest BCUT2D eigenvalue weighted by Crippen LogP contribution is 2.24. The highest BCUT2D eigenvalue weighted by molar-refractivity contribution is 6.00. The Morgan fingerprint density at radius 1 is 1.45 bits per heavy atom. The molecule has 0 radical (unpaired) electrons. The molecular weight excluding hydrogens is 276 g/mol. The molecule has 3 heterocycles. The second kappa shape index (κ2) is 6.83. The zero-order chi connectivity index (χ0) is 15.4. The molecule has 0 aromatic carbocycles. The number of carbonyl (C=O) groups excluding carboxylic acids is 1. The molecule has 1 fully saturated rings. The predicted molar refractivity (Wildman–Crippen MR) is 87.5 cm³/mol. The van der Waals surface area contributed by atoms with E-state index in [1.165, 1.54) is 12.8 Å². The summed E-state index contributed by atoms with van der Waals surface area (Å²) in [4.78, 5) is 20.7. The van der Waals surface area contributed by atoms with E-state index in [2.05, 4.69) is 27.5 Å². The van der Waals surface area contributed by atoms with Gasteiger partial charge in [0.25, 0.3) is 0 Å². The lowest BCUT2D eigenvalue weighted by Crippen LogP contribution is -2.34. The van der Waals surface area contributed by atoms with Crippen molar-refractivity contribution in [1.29, 1.82) is 0 Å². The lowest BCUT2D eigenvalue weighted by Gasteiger charge is -2.28. The number of carbonyl (C=O) groups is 1. The van der Waals surface area contributed by atoms with Gasteiger partial charge in [-0.15, -0.1) is 0 Å². The Bertz CT molecular complexity index is 647. The molecule has 1 aliphatic heterocycles. The molecule has 5 heteroatoms. The number of pyridine rings is 2. The van der Waals surface area contributed by atoms with Crippen molar-refractivity contribution < 1.29 is 4.79 Å². The molecule has 1 aliphatic rings. The van der Waals surface area contributed by atoms with Gasteiger partial charge in [0.15, 0.2) is 0 Å². The van der Waals surface area contributed by atoms with E-state index >= 15 is 0 Å². The van der Waals surface area contributed by atoms with Crippen molar-refractivity contribution in [3.63, 3.8) is 0 Å². The molecule has 22 heavy (non-hydrogen) atoms. The van der Waals surface area contributed by atoms with Gasteiger partial charge in [-0.25, -0.2) is 0 Å². The van der Waals surface area contributed by atoms with E-state index in [1.54, 1.807) is 18.6 Å². The Morgan fingerprint density at radius 3 is 3.18 bits per heavy atom. The van der Waals surface area contributed by atoms with Gasteiger partial charge in [0, 0.05) is 30.4 Å². The lowest BCUT2D eigenvalue weighted by molar-refractivity contribution is -0.117. The Kier molecular flexibility index (Phi) is 4.63. The number of fused-ring (bicyclic) bond motifs is 1. The number of nitrogens with one attached hydrogen (secondary N) is 2. The van der Waals surface area contributed by atoms with Crippen molar-refractivity contribution in [2.24, 2.45) is 11.8 Å². The SMILES string of the molecule is CC(CC(=O)Nc1ccnc2ccncc12)C1CCCNC1. The third-order valence-corrected chi connectivity index (χ3v) is 4.46.